The smallest absolute Gasteiger partial charge is 0.166 e. The van der Waals surface area contributed by atoms with E-state index in [1.807, 2.05) is 0 Å². The predicted octanol–water partition coefficient (Wildman–Crippen LogP) is 14.6. The number of benzene rings is 9. The summed E-state index contributed by atoms with van der Waals surface area (Å²) in [6.45, 7) is 0. The summed E-state index contributed by atoms with van der Waals surface area (Å²) in [6.07, 6.45) is 0. The van der Waals surface area contributed by atoms with Gasteiger partial charge in [0, 0.05) is 33.0 Å². The van der Waals surface area contributed by atoms with Crippen molar-refractivity contribution >= 4 is 21.8 Å². The molecule has 0 aliphatic rings. The fourth-order valence-electron chi connectivity index (χ4n) is 6.94. The van der Waals surface area contributed by atoms with Crippen LogP contribution in [0.4, 0.5) is 0 Å². The topological polar surface area (TPSA) is 43.6 Å². The van der Waals surface area contributed by atoms with Crippen LogP contribution in [0, 0.1) is 0 Å². The van der Waals surface area contributed by atoms with Crippen molar-refractivity contribution in [2.75, 3.05) is 0 Å². The van der Waals surface area contributed by atoms with Crippen molar-refractivity contribution in [3.05, 3.63) is 230 Å². The van der Waals surface area contributed by atoms with Gasteiger partial charge in [0.05, 0.1) is 51.0 Å². The molecule has 0 bridgehead atoms. The Labute approximate surface area is 389 Å². The minimum absolute atomic E-state index is 0.0501. The van der Waals surface area contributed by atoms with Gasteiger partial charge in [-0.1, -0.05) is 188 Å². The zero-order chi connectivity index (χ0) is 62.3. The summed E-state index contributed by atoms with van der Waals surface area (Å²) in [7, 11) is 0. The highest BCUT2D eigenvalue weighted by atomic mass is 15.1. The number of hydrogen-bond donors (Lipinski definition) is 0. The van der Waals surface area contributed by atoms with E-state index in [9.17, 15) is 11.0 Å². The maximum Gasteiger partial charge on any atom is 0.166 e. The summed E-state index contributed by atoms with van der Waals surface area (Å²) in [5.74, 6) is -0.153. The number of fused-ring (bicyclic) bond motifs is 3. The Bertz CT molecular complexity index is 4580. The Morgan fingerprint density at radius 2 is 0.787 bits per heavy atom. The number of nitrogens with zero attached hydrogens (tertiary/aromatic N) is 4. The average Bonchev–Trinajstić information content (AvgIpc) is 1.46. The molecule has 0 fully saturated rings. The second-order valence-corrected chi connectivity index (χ2v) is 13.3. The maximum atomic E-state index is 10.2. The van der Waals surface area contributed by atoms with Gasteiger partial charge >= 0.3 is 0 Å². The van der Waals surface area contributed by atoms with Crippen LogP contribution in [0.3, 0.4) is 0 Å². The van der Waals surface area contributed by atoms with Crippen molar-refractivity contribution in [3.63, 3.8) is 0 Å². The first kappa shape index (κ1) is 18.4. The first-order valence-corrected chi connectivity index (χ1v) is 18.6. The van der Waals surface area contributed by atoms with Crippen LogP contribution in [0.15, 0.2) is 230 Å². The van der Waals surface area contributed by atoms with Crippen LogP contribution in [0.5, 0.6) is 0 Å². The number of para-hydroxylation sites is 2. The third-order valence-electron chi connectivity index (χ3n) is 9.63. The van der Waals surface area contributed by atoms with E-state index in [2.05, 4.69) is 0 Å². The van der Waals surface area contributed by atoms with Crippen molar-refractivity contribution in [1.82, 2.24) is 19.5 Å². The van der Waals surface area contributed by atoms with Crippen LogP contribution in [0.2, 0.25) is 0 Å². The van der Waals surface area contributed by atoms with Gasteiger partial charge in [0.1, 0.15) is 0 Å². The lowest BCUT2D eigenvalue weighted by Gasteiger charge is -2.20. The average molecular weight is 804 g/mol. The highest BCUT2D eigenvalue weighted by molar-refractivity contribution is 6.11. The molecule has 0 atom stereocenters. The van der Waals surface area contributed by atoms with E-state index in [1.54, 1.807) is 60.7 Å². The second kappa shape index (κ2) is 15.5. The Morgan fingerprint density at radius 1 is 0.311 bits per heavy atom. The largest absolute Gasteiger partial charge is 0.308 e. The normalized spacial score (nSPS) is 17.0. The van der Waals surface area contributed by atoms with E-state index in [0.717, 1.165) is 4.57 Å². The molecule has 2 aromatic heterocycles. The van der Waals surface area contributed by atoms with Gasteiger partial charge in [0.25, 0.3) is 0 Å². The molecule has 0 spiro atoms. The van der Waals surface area contributed by atoms with E-state index in [1.165, 1.54) is 18.2 Å². The fourth-order valence-corrected chi connectivity index (χ4v) is 6.94. The molecule has 0 aliphatic carbocycles. The van der Waals surface area contributed by atoms with Gasteiger partial charge in [0.2, 0.25) is 0 Å². The molecule has 0 aliphatic heterocycles. The van der Waals surface area contributed by atoms with Crippen LogP contribution >= 0.6 is 0 Å². The van der Waals surface area contributed by atoms with Crippen molar-refractivity contribution < 1.29 is 34.3 Å². The van der Waals surface area contributed by atoms with Crippen molar-refractivity contribution in [2.24, 2.45) is 0 Å². The first-order chi connectivity index (χ1) is 40.7. The molecule has 2 heterocycles. The van der Waals surface area contributed by atoms with E-state index >= 15 is 0 Å². The summed E-state index contributed by atoms with van der Waals surface area (Å²) in [4.78, 5) is 14.7. The quantitative estimate of drug-likeness (QED) is 0.154. The van der Waals surface area contributed by atoms with Gasteiger partial charge in [-0.05, 0) is 81.3 Å². The number of rotatable bonds is 8. The van der Waals surface area contributed by atoms with Crippen LogP contribution in [0.25, 0.3) is 106 Å². The molecule has 0 amide bonds. The van der Waals surface area contributed by atoms with E-state index in [-0.39, 0.29) is 23.0 Å². The maximum absolute atomic E-state index is 10.2. The zero-order valence-corrected chi connectivity index (χ0v) is 31.3. The van der Waals surface area contributed by atoms with Crippen LogP contribution in [-0.4, -0.2) is 19.5 Å². The zero-order valence-electron chi connectivity index (χ0n) is 56.3. The number of aromatic nitrogens is 4. The predicted molar refractivity (Wildman–Crippen MR) is 252 cm³/mol. The van der Waals surface area contributed by atoms with Gasteiger partial charge < -0.3 is 4.57 Å². The molecule has 61 heavy (non-hydrogen) atoms. The van der Waals surface area contributed by atoms with Gasteiger partial charge in [-0.25, -0.2) is 15.0 Å². The van der Waals surface area contributed by atoms with E-state index < -0.39 is 223 Å². The molecular weight excluding hydrogens is 741 g/mol. The van der Waals surface area contributed by atoms with Gasteiger partial charge in [-0.3, -0.25) is 0 Å². The summed E-state index contributed by atoms with van der Waals surface area (Å²) in [5.41, 5.74) is -6.50. The monoisotopic (exact) mass is 803 g/mol. The van der Waals surface area contributed by atoms with Gasteiger partial charge in [0.15, 0.2) is 17.5 Å². The third kappa shape index (κ3) is 6.76. The molecular formula is C57H38N4. The Morgan fingerprint density at radius 3 is 1.38 bits per heavy atom. The molecule has 0 N–H and O–H groups in total. The molecule has 0 saturated heterocycles. The SMILES string of the molecule is [2H]c1c([2H])c([2H])c(-c2c([2H])c(-c3cccc(-c4nc(-c5ccccc5)nc(-c5ccccc5)n4)c3-n3c4c([2H])c([2H])c([2H])c([2H])c4c4c([2H])c(-c5c([2H])c([2H])c([2H])c([2H])c5[2H])c([2H])c([2H])c43)c([2H])c(-c3c([2H])c([2H])c([2H])c([2H])c3[2H])c2[2H])c([2H])c1[2H]. The molecule has 0 unspecified atom stereocenters. The molecule has 286 valence electrons. The van der Waals surface area contributed by atoms with Crippen molar-refractivity contribution in [1.29, 1.82) is 0 Å². The molecule has 9 aromatic carbocycles. The Balaban J connectivity index is 1.44. The van der Waals surface area contributed by atoms with Crippen molar-refractivity contribution in [2.45, 2.75) is 0 Å². The first-order valence-electron chi connectivity index (χ1n) is 31.1. The molecule has 0 radical (unpaired) electrons. The van der Waals surface area contributed by atoms with Gasteiger partial charge in [-0.15, -0.1) is 0 Å². The van der Waals surface area contributed by atoms with E-state index in [4.69, 9.17) is 38.3 Å². The number of hydrogen-bond acceptors (Lipinski definition) is 3. The van der Waals surface area contributed by atoms with Gasteiger partial charge in [-0.2, -0.15) is 0 Å². The summed E-state index contributed by atoms with van der Waals surface area (Å²) in [6, 6.07) is -1.38. The highest BCUT2D eigenvalue weighted by Gasteiger charge is 2.23. The lowest BCUT2D eigenvalue weighted by Crippen LogP contribution is -2.05. The Hall–Kier alpha value is -8.21. The van der Waals surface area contributed by atoms with Crippen molar-refractivity contribution in [3.8, 4) is 84.4 Å². The lowest BCUT2D eigenvalue weighted by molar-refractivity contribution is 1.06. The molecule has 11 aromatic rings. The van der Waals surface area contributed by atoms with Crippen LogP contribution in [0.1, 0.15) is 34.3 Å². The minimum Gasteiger partial charge on any atom is -0.308 e. The van der Waals surface area contributed by atoms with Crippen LogP contribution in [-0.2, 0) is 0 Å². The van der Waals surface area contributed by atoms with E-state index in [0.29, 0.717) is 11.1 Å². The summed E-state index contributed by atoms with van der Waals surface area (Å²) < 4.78 is 230. The fraction of sp³-hybridized carbons (Fsp3) is 0. The molecule has 4 nitrogen and oxygen atoms in total. The minimum atomic E-state index is -0.992. The lowest BCUT2D eigenvalue weighted by atomic mass is 9.91. The molecule has 11 rings (SSSR count). The Kier molecular flexibility index (Phi) is 4.67. The van der Waals surface area contributed by atoms with Crippen LogP contribution < -0.4 is 0 Å². The summed E-state index contributed by atoms with van der Waals surface area (Å²) in [5, 5.41) is -1.04. The highest BCUT2D eigenvalue weighted by Crippen LogP contribution is 2.43. The molecule has 4 heteroatoms. The molecule has 0 saturated carbocycles. The standard InChI is InChI=1S/C57H38N4/c1-6-19-39(20-7-1)44-33-34-53-51(38-44)49-29-16-17-32-52(49)61(53)54-48(47-36-45(40-21-8-2-9-22-40)35-46(37-47)41-23-10-3-11-24-41)30-18-31-50(54)57-59-55(42-25-12-4-13-26-42)58-56(60-57)43-27-14-5-15-28-43/h1-38H/i1D,2D,3D,6D,7D,8D,9D,10D,11D,16D,17D,19D,20D,21D,22D,23D,24D,29D,32D,33D,34D,35D,36D,37D,38D. The second-order valence-electron chi connectivity index (χ2n) is 13.3. The third-order valence-corrected chi connectivity index (χ3v) is 9.63. The summed E-state index contributed by atoms with van der Waals surface area (Å²) >= 11 is 0.